The Kier molecular flexibility index (Phi) is 2.41. The van der Waals surface area contributed by atoms with Gasteiger partial charge in [0.15, 0.2) is 17.5 Å². The van der Waals surface area contributed by atoms with Crippen molar-refractivity contribution in [3.8, 4) is 0 Å². The number of rotatable bonds is 1. The van der Waals surface area contributed by atoms with Gasteiger partial charge in [-0.25, -0.2) is 18.0 Å². The molecule has 3 N–H and O–H groups in total. The normalized spacial score (nSPS) is 9.77. The Morgan fingerprint density at radius 3 is 2.38 bits per heavy atom. The Labute approximate surface area is 71.3 Å². The van der Waals surface area contributed by atoms with Gasteiger partial charge in [-0.2, -0.15) is 0 Å². The lowest BCUT2D eigenvalue weighted by Gasteiger charge is -2.03. The Balaban J connectivity index is 3.10. The number of primary amides is 1. The number of anilines is 1. The van der Waals surface area contributed by atoms with Gasteiger partial charge in [-0.3, -0.25) is 0 Å². The summed E-state index contributed by atoms with van der Waals surface area (Å²) in [5.74, 6) is -4.45. The van der Waals surface area contributed by atoms with Crippen LogP contribution >= 0.6 is 0 Å². The van der Waals surface area contributed by atoms with Gasteiger partial charge >= 0.3 is 6.03 Å². The van der Waals surface area contributed by atoms with Crippen molar-refractivity contribution in [1.29, 1.82) is 0 Å². The minimum atomic E-state index is -1.65. The molecule has 0 aromatic heterocycles. The van der Waals surface area contributed by atoms with E-state index in [1.165, 1.54) is 0 Å². The molecule has 0 saturated heterocycles. The maximum absolute atomic E-state index is 12.7. The third kappa shape index (κ3) is 1.90. The zero-order chi connectivity index (χ0) is 10.0. The van der Waals surface area contributed by atoms with Crippen LogP contribution in [0.25, 0.3) is 0 Å². The highest BCUT2D eigenvalue weighted by atomic mass is 19.2. The first-order valence-electron chi connectivity index (χ1n) is 3.22. The highest BCUT2D eigenvalue weighted by molar-refractivity contribution is 5.87. The van der Waals surface area contributed by atoms with Crippen LogP contribution in [0.3, 0.4) is 0 Å². The van der Waals surface area contributed by atoms with E-state index < -0.39 is 29.2 Å². The highest BCUT2D eigenvalue weighted by Gasteiger charge is 2.13. The molecule has 0 spiro atoms. The molecule has 0 radical (unpaired) electrons. The third-order valence-corrected chi connectivity index (χ3v) is 1.29. The number of carbonyl (C=O) groups is 1. The van der Waals surface area contributed by atoms with Crippen molar-refractivity contribution in [2.24, 2.45) is 5.73 Å². The zero-order valence-electron chi connectivity index (χ0n) is 6.27. The first kappa shape index (κ1) is 9.37. The molecule has 0 aliphatic heterocycles. The number of nitrogens with two attached hydrogens (primary N) is 1. The van der Waals surface area contributed by atoms with Crippen LogP contribution in [0.1, 0.15) is 0 Å². The molecule has 2 amide bonds. The number of hydrogen-bond donors (Lipinski definition) is 2. The number of hydrogen-bond acceptors (Lipinski definition) is 1. The van der Waals surface area contributed by atoms with Crippen molar-refractivity contribution in [2.75, 3.05) is 5.32 Å². The van der Waals surface area contributed by atoms with Crippen LogP contribution in [0.2, 0.25) is 0 Å². The molecule has 1 rings (SSSR count). The van der Waals surface area contributed by atoms with Crippen molar-refractivity contribution in [3.05, 3.63) is 29.6 Å². The third-order valence-electron chi connectivity index (χ3n) is 1.29. The van der Waals surface area contributed by atoms with Gasteiger partial charge in [0.1, 0.15) is 0 Å². The van der Waals surface area contributed by atoms with E-state index in [2.05, 4.69) is 5.73 Å². The van der Waals surface area contributed by atoms with E-state index >= 15 is 0 Å². The van der Waals surface area contributed by atoms with Crippen molar-refractivity contribution in [1.82, 2.24) is 0 Å². The van der Waals surface area contributed by atoms with Gasteiger partial charge in [-0.05, 0) is 12.1 Å². The quantitative estimate of drug-likeness (QED) is 0.649. The smallest absolute Gasteiger partial charge is 0.316 e. The fourth-order valence-electron chi connectivity index (χ4n) is 0.755. The topological polar surface area (TPSA) is 55.1 Å². The number of amides is 2. The Bertz CT molecular complexity index is 354. The lowest BCUT2D eigenvalue weighted by atomic mass is 10.3. The van der Waals surface area contributed by atoms with Gasteiger partial charge in [0.05, 0.1) is 5.69 Å². The first-order valence-corrected chi connectivity index (χ1v) is 3.22. The molecule has 0 bridgehead atoms. The predicted molar refractivity (Wildman–Crippen MR) is 39.5 cm³/mol. The standard InChI is InChI=1S/C7H5F3N2O/c8-3-1-2-4(12-7(11)13)6(10)5(3)9/h1-2H,(H3,11,12,13). The van der Waals surface area contributed by atoms with Gasteiger partial charge in [0, 0.05) is 0 Å². The number of carbonyl (C=O) groups excluding carboxylic acids is 1. The molecule has 6 heteroatoms. The minimum Gasteiger partial charge on any atom is -0.351 e. The molecule has 0 aliphatic carbocycles. The van der Waals surface area contributed by atoms with E-state index in [4.69, 9.17) is 0 Å². The van der Waals surface area contributed by atoms with Gasteiger partial charge < -0.3 is 11.1 Å². The second-order valence-electron chi connectivity index (χ2n) is 2.21. The molecule has 0 atom stereocenters. The van der Waals surface area contributed by atoms with E-state index in [-0.39, 0.29) is 0 Å². The van der Waals surface area contributed by atoms with E-state index in [1.54, 1.807) is 5.32 Å². The molecule has 0 aliphatic rings. The highest BCUT2D eigenvalue weighted by Crippen LogP contribution is 2.18. The van der Waals surface area contributed by atoms with Gasteiger partial charge in [-0.15, -0.1) is 0 Å². The molecule has 0 unspecified atom stereocenters. The molecule has 1 aromatic rings. The monoisotopic (exact) mass is 190 g/mol. The number of halogens is 3. The van der Waals surface area contributed by atoms with E-state index in [0.29, 0.717) is 6.07 Å². The summed E-state index contributed by atoms with van der Waals surface area (Å²) in [6.45, 7) is 0. The van der Waals surface area contributed by atoms with Crippen molar-refractivity contribution in [2.45, 2.75) is 0 Å². The predicted octanol–water partition coefficient (Wildman–Crippen LogP) is 1.59. The summed E-state index contributed by atoms with van der Waals surface area (Å²) in [6.07, 6.45) is 0. The molecule has 70 valence electrons. The summed E-state index contributed by atoms with van der Waals surface area (Å²) < 4.78 is 37.6. The molecule has 0 saturated carbocycles. The zero-order valence-corrected chi connectivity index (χ0v) is 6.27. The average molecular weight is 190 g/mol. The molecule has 13 heavy (non-hydrogen) atoms. The summed E-state index contributed by atoms with van der Waals surface area (Å²) in [5.41, 5.74) is 4.15. The number of benzene rings is 1. The minimum absolute atomic E-state index is 0.494. The van der Waals surface area contributed by atoms with Crippen LogP contribution in [0, 0.1) is 17.5 Å². The van der Waals surface area contributed by atoms with Gasteiger partial charge in [0.2, 0.25) is 0 Å². The SMILES string of the molecule is NC(=O)Nc1ccc(F)c(F)c1F. The van der Waals surface area contributed by atoms with Crippen LogP contribution in [0.15, 0.2) is 12.1 Å². The maximum Gasteiger partial charge on any atom is 0.316 e. The second-order valence-corrected chi connectivity index (χ2v) is 2.21. The first-order chi connectivity index (χ1) is 6.02. The Morgan fingerprint density at radius 1 is 1.23 bits per heavy atom. The van der Waals surface area contributed by atoms with Crippen molar-refractivity contribution < 1.29 is 18.0 Å². The van der Waals surface area contributed by atoms with Crippen molar-refractivity contribution >= 4 is 11.7 Å². The maximum atomic E-state index is 12.7. The molecule has 1 aromatic carbocycles. The fourth-order valence-corrected chi connectivity index (χ4v) is 0.755. The van der Waals surface area contributed by atoms with Crippen molar-refractivity contribution in [3.63, 3.8) is 0 Å². The number of nitrogens with one attached hydrogen (secondary N) is 1. The summed E-state index contributed by atoms with van der Waals surface area (Å²) in [6, 6.07) is 0.507. The van der Waals surface area contributed by atoms with E-state index in [9.17, 15) is 18.0 Å². The molecule has 0 fully saturated rings. The summed E-state index contributed by atoms with van der Waals surface area (Å²) in [5, 5.41) is 1.80. The molecular formula is C7H5F3N2O. The molecule has 3 nitrogen and oxygen atoms in total. The van der Waals surface area contributed by atoms with Crippen LogP contribution in [0.5, 0.6) is 0 Å². The fraction of sp³-hybridized carbons (Fsp3) is 0. The van der Waals surface area contributed by atoms with Crippen LogP contribution in [-0.2, 0) is 0 Å². The van der Waals surface area contributed by atoms with E-state index in [1.807, 2.05) is 0 Å². The van der Waals surface area contributed by atoms with Crippen LogP contribution in [0.4, 0.5) is 23.7 Å². The Hall–Kier alpha value is -1.72. The molecule has 0 heterocycles. The second kappa shape index (κ2) is 3.34. The largest absolute Gasteiger partial charge is 0.351 e. The lowest BCUT2D eigenvalue weighted by Crippen LogP contribution is -2.20. The molecular weight excluding hydrogens is 185 g/mol. The summed E-state index contributed by atoms with van der Waals surface area (Å²) in [7, 11) is 0. The average Bonchev–Trinajstić information content (AvgIpc) is 2.06. The van der Waals surface area contributed by atoms with E-state index in [0.717, 1.165) is 6.07 Å². The summed E-state index contributed by atoms with van der Waals surface area (Å²) >= 11 is 0. The van der Waals surface area contributed by atoms with Gasteiger partial charge in [0.25, 0.3) is 0 Å². The number of urea groups is 1. The van der Waals surface area contributed by atoms with Crippen LogP contribution in [-0.4, -0.2) is 6.03 Å². The van der Waals surface area contributed by atoms with Gasteiger partial charge in [-0.1, -0.05) is 0 Å². The lowest BCUT2D eigenvalue weighted by molar-refractivity contribution is 0.259. The summed E-state index contributed by atoms with van der Waals surface area (Å²) in [4.78, 5) is 10.2. The Morgan fingerprint density at radius 2 is 1.85 bits per heavy atom. The van der Waals surface area contributed by atoms with Crippen LogP contribution < -0.4 is 11.1 Å².